The number of nitrogens with one attached hydrogen (secondary N) is 1. The lowest BCUT2D eigenvalue weighted by Crippen LogP contribution is -2.52. The molecule has 5 atom stereocenters. The molecule has 0 unspecified atom stereocenters. The fourth-order valence-electron chi connectivity index (χ4n) is 4.13. The van der Waals surface area contributed by atoms with Crippen molar-refractivity contribution in [3.05, 3.63) is 0 Å². The second kappa shape index (κ2) is 5.99. The molecule has 5 heteroatoms. The van der Waals surface area contributed by atoms with Crippen molar-refractivity contribution in [3.63, 3.8) is 0 Å². The maximum Gasteiger partial charge on any atom is 0.411 e. The topological polar surface area (TPSA) is 58.6 Å². The molecular formula is C18H30N2O3. The van der Waals surface area contributed by atoms with Gasteiger partial charge >= 0.3 is 6.09 Å². The Labute approximate surface area is 139 Å². The molecule has 1 aliphatic heterocycles. The van der Waals surface area contributed by atoms with Crippen LogP contribution in [0.15, 0.2) is 0 Å². The van der Waals surface area contributed by atoms with Gasteiger partial charge in [0, 0.05) is 12.1 Å². The molecule has 1 N–H and O–H groups in total. The molecule has 1 saturated heterocycles. The van der Waals surface area contributed by atoms with Gasteiger partial charge in [0.1, 0.15) is 11.6 Å². The molecule has 23 heavy (non-hydrogen) atoms. The van der Waals surface area contributed by atoms with E-state index >= 15 is 0 Å². The van der Waals surface area contributed by atoms with Crippen LogP contribution in [0.25, 0.3) is 0 Å². The summed E-state index contributed by atoms with van der Waals surface area (Å²) in [6.45, 7) is 7.84. The SMILES string of the molecule is C[C@@H]1CCC[C@H](NC(=O)[C@@H]2C[C@H]3C[C@H]3N2C(=O)OC(C)(C)C)C1. The Morgan fingerprint density at radius 3 is 2.52 bits per heavy atom. The van der Waals surface area contributed by atoms with Gasteiger partial charge in [0.05, 0.1) is 0 Å². The van der Waals surface area contributed by atoms with Crippen molar-refractivity contribution in [2.45, 2.75) is 89.9 Å². The molecule has 0 radical (unpaired) electrons. The Morgan fingerprint density at radius 1 is 1.13 bits per heavy atom. The van der Waals surface area contributed by atoms with Gasteiger partial charge in [0.15, 0.2) is 0 Å². The predicted octanol–water partition coefficient (Wildman–Crippen LogP) is 3.08. The van der Waals surface area contributed by atoms with Crippen LogP contribution in [0.4, 0.5) is 4.79 Å². The summed E-state index contributed by atoms with van der Waals surface area (Å²) in [4.78, 5) is 26.9. The summed E-state index contributed by atoms with van der Waals surface area (Å²) in [5, 5.41) is 3.19. The maximum atomic E-state index is 12.7. The highest BCUT2D eigenvalue weighted by atomic mass is 16.6. The summed E-state index contributed by atoms with van der Waals surface area (Å²) in [7, 11) is 0. The molecule has 0 aromatic heterocycles. The minimum Gasteiger partial charge on any atom is -0.444 e. The number of carbonyl (C=O) groups is 2. The molecule has 130 valence electrons. The summed E-state index contributed by atoms with van der Waals surface area (Å²) >= 11 is 0. The van der Waals surface area contributed by atoms with Gasteiger partial charge in [-0.25, -0.2) is 4.79 Å². The van der Waals surface area contributed by atoms with E-state index in [1.165, 1.54) is 12.8 Å². The van der Waals surface area contributed by atoms with E-state index in [0.29, 0.717) is 11.8 Å². The van der Waals surface area contributed by atoms with E-state index in [4.69, 9.17) is 4.74 Å². The van der Waals surface area contributed by atoms with Crippen molar-refractivity contribution in [1.82, 2.24) is 10.2 Å². The zero-order valence-electron chi connectivity index (χ0n) is 14.8. The van der Waals surface area contributed by atoms with Gasteiger partial charge in [0.2, 0.25) is 5.91 Å². The van der Waals surface area contributed by atoms with Crippen molar-refractivity contribution in [2.24, 2.45) is 11.8 Å². The van der Waals surface area contributed by atoms with Crippen LogP contribution in [0.3, 0.4) is 0 Å². The first kappa shape index (κ1) is 16.6. The molecule has 2 amide bonds. The van der Waals surface area contributed by atoms with Crippen LogP contribution in [-0.2, 0) is 9.53 Å². The number of fused-ring (bicyclic) bond motifs is 1. The molecule has 3 fully saturated rings. The standard InChI is InChI=1S/C18H30N2O3/c1-11-6-5-7-13(8-11)19-16(21)15-10-12-9-14(12)20(15)17(22)23-18(2,3)4/h11-15H,5-10H2,1-4H3,(H,19,21)/t11-,12-,13+,14-,15+/m1/s1. The highest BCUT2D eigenvalue weighted by molar-refractivity contribution is 5.87. The summed E-state index contributed by atoms with van der Waals surface area (Å²) in [5.74, 6) is 1.18. The Morgan fingerprint density at radius 2 is 1.87 bits per heavy atom. The van der Waals surface area contributed by atoms with Gasteiger partial charge in [-0.3, -0.25) is 9.69 Å². The molecule has 0 spiro atoms. The number of nitrogens with zero attached hydrogens (tertiary/aromatic N) is 1. The van der Waals surface area contributed by atoms with Crippen molar-refractivity contribution < 1.29 is 14.3 Å². The summed E-state index contributed by atoms with van der Waals surface area (Å²) in [6.07, 6.45) is 6.02. The van der Waals surface area contributed by atoms with Gasteiger partial charge in [-0.15, -0.1) is 0 Å². The van der Waals surface area contributed by atoms with Crippen molar-refractivity contribution in [1.29, 1.82) is 0 Å². The minimum absolute atomic E-state index is 0.0159. The minimum atomic E-state index is -0.524. The average Bonchev–Trinajstić information content (AvgIpc) is 3.06. The third-order valence-corrected chi connectivity index (χ3v) is 5.29. The second-order valence-corrected chi connectivity index (χ2v) is 8.68. The quantitative estimate of drug-likeness (QED) is 0.850. The zero-order valence-corrected chi connectivity index (χ0v) is 14.8. The number of amides is 2. The van der Waals surface area contributed by atoms with E-state index in [-0.39, 0.29) is 30.1 Å². The Bertz CT molecular complexity index is 485. The zero-order chi connectivity index (χ0) is 16.8. The van der Waals surface area contributed by atoms with Gasteiger partial charge < -0.3 is 10.1 Å². The first-order valence-corrected chi connectivity index (χ1v) is 9.06. The molecule has 0 aromatic carbocycles. The van der Waals surface area contributed by atoms with E-state index < -0.39 is 5.60 Å². The van der Waals surface area contributed by atoms with Gasteiger partial charge in [-0.2, -0.15) is 0 Å². The third kappa shape index (κ3) is 3.81. The Kier molecular flexibility index (Phi) is 4.32. The Balaban J connectivity index is 1.61. The number of hydrogen-bond donors (Lipinski definition) is 1. The fraction of sp³-hybridized carbons (Fsp3) is 0.889. The normalized spacial score (nSPS) is 36.3. The van der Waals surface area contributed by atoms with E-state index in [9.17, 15) is 9.59 Å². The van der Waals surface area contributed by atoms with Crippen molar-refractivity contribution >= 4 is 12.0 Å². The van der Waals surface area contributed by atoms with Crippen molar-refractivity contribution in [3.8, 4) is 0 Å². The smallest absolute Gasteiger partial charge is 0.411 e. The number of likely N-dealkylation sites (tertiary alicyclic amines) is 1. The van der Waals surface area contributed by atoms with E-state index in [1.807, 2.05) is 20.8 Å². The molecule has 3 aliphatic rings. The number of carbonyl (C=O) groups excluding carboxylic acids is 2. The highest BCUT2D eigenvalue weighted by Crippen LogP contribution is 2.48. The largest absolute Gasteiger partial charge is 0.444 e. The first-order chi connectivity index (χ1) is 10.7. The average molecular weight is 322 g/mol. The van der Waals surface area contributed by atoms with E-state index in [1.54, 1.807) is 4.90 Å². The molecule has 2 aliphatic carbocycles. The van der Waals surface area contributed by atoms with E-state index in [0.717, 1.165) is 25.7 Å². The Hall–Kier alpha value is -1.26. The molecule has 1 heterocycles. The highest BCUT2D eigenvalue weighted by Gasteiger charge is 2.57. The fourth-order valence-corrected chi connectivity index (χ4v) is 4.13. The van der Waals surface area contributed by atoms with Crippen LogP contribution in [0, 0.1) is 11.8 Å². The summed E-state index contributed by atoms with van der Waals surface area (Å²) in [5.41, 5.74) is -0.524. The number of piperidine rings is 1. The van der Waals surface area contributed by atoms with Crippen LogP contribution in [0.5, 0.6) is 0 Å². The predicted molar refractivity (Wildman–Crippen MR) is 87.9 cm³/mol. The lowest BCUT2D eigenvalue weighted by atomic mass is 9.87. The second-order valence-electron chi connectivity index (χ2n) is 8.68. The van der Waals surface area contributed by atoms with Crippen LogP contribution < -0.4 is 5.32 Å². The molecular weight excluding hydrogens is 292 g/mol. The van der Waals surface area contributed by atoms with Crippen LogP contribution in [0.2, 0.25) is 0 Å². The van der Waals surface area contributed by atoms with Gasteiger partial charge in [-0.1, -0.05) is 19.8 Å². The molecule has 0 aromatic rings. The molecule has 5 nitrogen and oxygen atoms in total. The first-order valence-electron chi connectivity index (χ1n) is 9.06. The lowest BCUT2D eigenvalue weighted by molar-refractivity contribution is -0.127. The van der Waals surface area contributed by atoms with Crippen LogP contribution in [0.1, 0.15) is 66.2 Å². The third-order valence-electron chi connectivity index (χ3n) is 5.29. The van der Waals surface area contributed by atoms with Crippen LogP contribution in [-0.4, -0.2) is 40.6 Å². The summed E-state index contributed by atoms with van der Waals surface area (Å²) in [6, 6.07) is 0.139. The molecule has 3 rings (SSSR count). The van der Waals surface area contributed by atoms with Crippen LogP contribution >= 0.6 is 0 Å². The van der Waals surface area contributed by atoms with Crippen molar-refractivity contribution in [2.75, 3.05) is 0 Å². The van der Waals surface area contributed by atoms with E-state index in [2.05, 4.69) is 12.2 Å². The maximum absolute atomic E-state index is 12.7. The lowest BCUT2D eigenvalue weighted by Gasteiger charge is -2.32. The number of rotatable bonds is 2. The number of ether oxygens (including phenoxy) is 1. The molecule has 2 saturated carbocycles. The molecule has 0 bridgehead atoms. The van der Waals surface area contributed by atoms with Gasteiger partial charge in [-0.05, 0) is 58.3 Å². The monoisotopic (exact) mass is 322 g/mol. The number of hydrogen-bond acceptors (Lipinski definition) is 3. The summed E-state index contributed by atoms with van der Waals surface area (Å²) < 4.78 is 5.51. The van der Waals surface area contributed by atoms with Gasteiger partial charge in [0.25, 0.3) is 0 Å².